The van der Waals surface area contributed by atoms with Crippen molar-refractivity contribution < 1.29 is 19.1 Å². The number of nitrogens with one attached hydrogen (secondary N) is 1. The van der Waals surface area contributed by atoms with Gasteiger partial charge in [0.15, 0.2) is 0 Å². The highest BCUT2D eigenvalue weighted by Gasteiger charge is 2.21. The van der Waals surface area contributed by atoms with E-state index < -0.39 is 12.0 Å². The van der Waals surface area contributed by atoms with E-state index in [-0.39, 0.29) is 5.91 Å². The number of hydrogen-bond donors (Lipinski definition) is 1. The maximum Gasteiger partial charge on any atom is 0.328 e. The highest BCUT2D eigenvalue weighted by atomic mass is 16.5. The molecule has 0 saturated carbocycles. The lowest BCUT2D eigenvalue weighted by molar-refractivity contribution is -0.147. The summed E-state index contributed by atoms with van der Waals surface area (Å²) in [6, 6.07) is 6.72. The van der Waals surface area contributed by atoms with E-state index in [1.54, 1.807) is 7.11 Å². The van der Waals surface area contributed by atoms with Crippen LogP contribution in [0, 0.1) is 0 Å². The van der Waals surface area contributed by atoms with Gasteiger partial charge in [0.2, 0.25) is 5.91 Å². The van der Waals surface area contributed by atoms with E-state index in [0.717, 1.165) is 24.2 Å². The first-order chi connectivity index (χ1) is 10.1. The normalized spacial score (nSPS) is 11.6. The predicted octanol–water partition coefficient (Wildman–Crippen LogP) is 2.09. The van der Waals surface area contributed by atoms with Crippen LogP contribution in [0.1, 0.15) is 32.3 Å². The van der Waals surface area contributed by atoms with Gasteiger partial charge in [0, 0.05) is 13.3 Å². The summed E-state index contributed by atoms with van der Waals surface area (Å²) >= 11 is 0. The number of rotatable bonds is 8. The van der Waals surface area contributed by atoms with Gasteiger partial charge in [0.05, 0.1) is 13.7 Å². The third-order valence-corrected chi connectivity index (χ3v) is 3.00. The standard InChI is InChI=1S/C16H23NO4/c1-4-5-10-21-16(19)15(17-12(2)18)11-13-6-8-14(20-3)9-7-13/h6-9,15H,4-5,10-11H2,1-3H3,(H,17,18). The Bertz CT molecular complexity index is 456. The second kappa shape index (κ2) is 9.00. The van der Waals surface area contributed by atoms with Crippen LogP contribution in [0.2, 0.25) is 0 Å². The summed E-state index contributed by atoms with van der Waals surface area (Å²) in [6.07, 6.45) is 2.17. The van der Waals surface area contributed by atoms with Crippen molar-refractivity contribution in [2.45, 2.75) is 39.2 Å². The first-order valence-corrected chi connectivity index (χ1v) is 7.13. The maximum absolute atomic E-state index is 12.0. The molecular weight excluding hydrogens is 270 g/mol. The Labute approximate surface area is 125 Å². The zero-order chi connectivity index (χ0) is 15.7. The maximum atomic E-state index is 12.0. The van der Waals surface area contributed by atoms with Gasteiger partial charge in [-0.2, -0.15) is 0 Å². The fourth-order valence-electron chi connectivity index (χ4n) is 1.85. The topological polar surface area (TPSA) is 64.6 Å². The number of esters is 1. The third-order valence-electron chi connectivity index (χ3n) is 3.00. The molecule has 5 nitrogen and oxygen atoms in total. The lowest BCUT2D eigenvalue weighted by Crippen LogP contribution is -2.42. The third kappa shape index (κ3) is 6.29. The molecule has 1 atom stereocenters. The fourth-order valence-corrected chi connectivity index (χ4v) is 1.85. The number of hydrogen-bond acceptors (Lipinski definition) is 4. The largest absolute Gasteiger partial charge is 0.497 e. The number of ether oxygens (including phenoxy) is 2. The predicted molar refractivity (Wildman–Crippen MR) is 80.2 cm³/mol. The Morgan fingerprint density at radius 3 is 2.43 bits per heavy atom. The van der Waals surface area contributed by atoms with Gasteiger partial charge in [0.1, 0.15) is 11.8 Å². The molecule has 0 heterocycles. The molecule has 1 aromatic carbocycles. The summed E-state index contributed by atoms with van der Waals surface area (Å²) in [7, 11) is 1.60. The summed E-state index contributed by atoms with van der Waals surface area (Å²) in [5.41, 5.74) is 0.932. The van der Waals surface area contributed by atoms with Gasteiger partial charge in [-0.25, -0.2) is 4.79 Å². The molecule has 1 unspecified atom stereocenters. The van der Waals surface area contributed by atoms with Crippen LogP contribution in [-0.2, 0) is 20.7 Å². The second-order valence-corrected chi connectivity index (χ2v) is 4.83. The quantitative estimate of drug-likeness (QED) is 0.589. The van der Waals surface area contributed by atoms with Crippen LogP contribution in [0.4, 0.5) is 0 Å². The molecule has 1 amide bonds. The van der Waals surface area contributed by atoms with Crippen molar-refractivity contribution in [1.29, 1.82) is 0 Å². The molecular formula is C16H23NO4. The molecule has 0 fully saturated rings. The summed E-state index contributed by atoms with van der Waals surface area (Å²) in [5.74, 6) is 0.107. The summed E-state index contributed by atoms with van der Waals surface area (Å²) in [5, 5.41) is 2.64. The van der Waals surface area contributed by atoms with Gasteiger partial charge in [-0.15, -0.1) is 0 Å². The van der Waals surface area contributed by atoms with E-state index in [1.165, 1.54) is 6.92 Å². The number of benzene rings is 1. The van der Waals surface area contributed by atoms with Crippen molar-refractivity contribution in [3.63, 3.8) is 0 Å². The SMILES string of the molecule is CCCCOC(=O)C(Cc1ccc(OC)cc1)NC(C)=O. The van der Waals surface area contributed by atoms with Crippen molar-refractivity contribution in [1.82, 2.24) is 5.32 Å². The van der Waals surface area contributed by atoms with Gasteiger partial charge in [0.25, 0.3) is 0 Å². The minimum Gasteiger partial charge on any atom is -0.497 e. The molecule has 0 radical (unpaired) electrons. The van der Waals surface area contributed by atoms with Crippen molar-refractivity contribution in [3.05, 3.63) is 29.8 Å². The molecule has 0 aliphatic rings. The molecule has 0 spiro atoms. The average molecular weight is 293 g/mol. The number of carbonyl (C=O) groups excluding carboxylic acids is 2. The van der Waals surface area contributed by atoms with Crippen LogP contribution in [0.25, 0.3) is 0 Å². The van der Waals surface area contributed by atoms with E-state index in [4.69, 9.17) is 9.47 Å². The van der Waals surface area contributed by atoms with Crippen LogP contribution < -0.4 is 10.1 Å². The molecule has 0 aliphatic carbocycles. The zero-order valence-corrected chi connectivity index (χ0v) is 12.8. The molecule has 1 aromatic rings. The minimum absolute atomic E-state index is 0.249. The molecule has 5 heteroatoms. The number of amides is 1. The summed E-state index contributed by atoms with van der Waals surface area (Å²) in [4.78, 5) is 23.3. The van der Waals surface area contributed by atoms with Crippen molar-refractivity contribution in [2.24, 2.45) is 0 Å². The Morgan fingerprint density at radius 1 is 1.24 bits per heavy atom. The highest BCUT2D eigenvalue weighted by molar-refractivity contribution is 5.83. The van der Waals surface area contributed by atoms with E-state index in [1.807, 2.05) is 31.2 Å². The lowest BCUT2D eigenvalue weighted by atomic mass is 10.1. The van der Waals surface area contributed by atoms with E-state index in [0.29, 0.717) is 13.0 Å². The zero-order valence-electron chi connectivity index (χ0n) is 12.8. The molecule has 1 N–H and O–H groups in total. The van der Waals surface area contributed by atoms with Gasteiger partial charge in [-0.05, 0) is 24.1 Å². The van der Waals surface area contributed by atoms with E-state index in [9.17, 15) is 9.59 Å². The van der Waals surface area contributed by atoms with Gasteiger partial charge < -0.3 is 14.8 Å². The van der Waals surface area contributed by atoms with E-state index in [2.05, 4.69) is 5.32 Å². The van der Waals surface area contributed by atoms with Crippen molar-refractivity contribution in [3.8, 4) is 5.75 Å². The molecule has 1 rings (SSSR count). The minimum atomic E-state index is -0.659. The summed E-state index contributed by atoms with van der Waals surface area (Å²) < 4.78 is 10.3. The first kappa shape index (κ1) is 17.0. The monoisotopic (exact) mass is 293 g/mol. The first-order valence-electron chi connectivity index (χ1n) is 7.13. The van der Waals surface area contributed by atoms with Crippen molar-refractivity contribution >= 4 is 11.9 Å². The number of carbonyl (C=O) groups is 2. The number of methoxy groups -OCH3 is 1. The molecule has 21 heavy (non-hydrogen) atoms. The fraction of sp³-hybridized carbons (Fsp3) is 0.500. The van der Waals surface area contributed by atoms with Gasteiger partial charge >= 0.3 is 5.97 Å². The van der Waals surface area contributed by atoms with Crippen molar-refractivity contribution in [2.75, 3.05) is 13.7 Å². The van der Waals surface area contributed by atoms with Crippen LogP contribution in [0.15, 0.2) is 24.3 Å². The molecule has 0 saturated heterocycles. The molecule has 0 bridgehead atoms. The molecule has 0 aromatic heterocycles. The molecule has 116 valence electrons. The highest BCUT2D eigenvalue weighted by Crippen LogP contribution is 2.13. The molecule has 0 aliphatic heterocycles. The van der Waals surface area contributed by atoms with Gasteiger partial charge in [-0.1, -0.05) is 25.5 Å². The smallest absolute Gasteiger partial charge is 0.328 e. The Hall–Kier alpha value is -2.04. The van der Waals surface area contributed by atoms with Crippen LogP contribution in [-0.4, -0.2) is 31.6 Å². The Kier molecular flexibility index (Phi) is 7.29. The Morgan fingerprint density at radius 2 is 1.90 bits per heavy atom. The Balaban J connectivity index is 2.67. The van der Waals surface area contributed by atoms with Gasteiger partial charge in [-0.3, -0.25) is 4.79 Å². The summed E-state index contributed by atoms with van der Waals surface area (Å²) in [6.45, 7) is 3.80. The second-order valence-electron chi connectivity index (χ2n) is 4.83. The number of unbranched alkanes of at least 4 members (excludes halogenated alkanes) is 1. The lowest BCUT2D eigenvalue weighted by Gasteiger charge is -2.17. The van der Waals surface area contributed by atoms with E-state index >= 15 is 0 Å². The van der Waals surface area contributed by atoms with Crippen LogP contribution >= 0.6 is 0 Å². The van der Waals surface area contributed by atoms with Crippen LogP contribution in [0.3, 0.4) is 0 Å². The van der Waals surface area contributed by atoms with Crippen LogP contribution in [0.5, 0.6) is 5.75 Å². The average Bonchev–Trinajstić information content (AvgIpc) is 2.47.